The van der Waals surface area contributed by atoms with Gasteiger partial charge in [0, 0.05) is 13.0 Å². The number of aliphatic carboxylic acids is 1. The lowest BCUT2D eigenvalue weighted by Crippen LogP contribution is -2.25. The van der Waals surface area contributed by atoms with Crippen molar-refractivity contribution < 1.29 is 18.3 Å². The van der Waals surface area contributed by atoms with E-state index in [-0.39, 0.29) is 35.0 Å². The van der Waals surface area contributed by atoms with Gasteiger partial charge in [-0.1, -0.05) is 11.6 Å². The van der Waals surface area contributed by atoms with Gasteiger partial charge in [-0.2, -0.15) is 0 Å². The molecule has 1 aromatic carbocycles. The number of benzene rings is 1. The minimum absolute atomic E-state index is 0.000255. The van der Waals surface area contributed by atoms with E-state index < -0.39 is 16.0 Å². The van der Waals surface area contributed by atoms with Gasteiger partial charge in [0.2, 0.25) is 10.0 Å². The minimum Gasteiger partial charge on any atom is -0.481 e. The molecule has 0 amide bonds. The van der Waals surface area contributed by atoms with Crippen LogP contribution >= 0.6 is 11.6 Å². The van der Waals surface area contributed by atoms with Crippen LogP contribution in [0.2, 0.25) is 5.02 Å². The van der Waals surface area contributed by atoms with E-state index >= 15 is 0 Å². The SMILES string of the molecule is Nc1cc(S(=O)(=O)NCCCC(=O)O)ccc1Cl. The summed E-state index contributed by atoms with van der Waals surface area (Å²) in [5, 5.41) is 8.70. The molecule has 0 heterocycles. The molecule has 0 unspecified atom stereocenters. The average Bonchev–Trinajstić information content (AvgIpc) is 2.28. The molecule has 4 N–H and O–H groups in total. The second-order valence-corrected chi connectivity index (χ2v) is 5.75. The number of nitrogens with two attached hydrogens (primary N) is 1. The van der Waals surface area contributed by atoms with Crippen molar-refractivity contribution in [1.29, 1.82) is 0 Å². The summed E-state index contributed by atoms with van der Waals surface area (Å²) in [6.45, 7) is 0.0527. The molecular formula is C10H13ClN2O4S. The van der Waals surface area contributed by atoms with Gasteiger partial charge in [-0.25, -0.2) is 13.1 Å². The van der Waals surface area contributed by atoms with Crippen LogP contribution in [0.25, 0.3) is 0 Å². The maximum atomic E-state index is 11.8. The van der Waals surface area contributed by atoms with Crippen LogP contribution in [0.4, 0.5) is 5.69 Å². The number of rotatable bonds is 6. The van der Waals surface area contributed by atoms with Crippen molar-refractivity contribution in [2.45, 2.75) is 17.7 Å². The number of hydrogen-bond acceptors (Lipinski definition) is 4. The van der Waals surface area contributed by atoms with Crippen LogP contribution in [0.1, 0.15) is 12.8 Å². The molecular weight excluding hydrogens is 280 g/mol. The van der Waals surface area contributed by atoms with Crippen molar-refractivity contribution >= 4 is 33.3 Å². The Morgan fingerprint density at radius 1 is 1.44 bits per heavy atom. The lowest BCUT2D eigenvalue weighted by atomic mass is 10.3. The van der Waals surface area contributed by atoms with Gasteiger partial charge in [-0.3, -0.25) is 4.79 Å². The summed E-state index contributed by atoms with van der Waals surface area (Å²) in [7, 11) is -3.68. The zero-order chi connectivity index (χ0) is 13.8. The number of carboxylic acid groups (broad SMARTS) is 1. The van der Waals surface area contributed by atoms with Crippen LogP contribution in [-0.4, -0.2) is 26.0 Å². The standard InChI is InChI=1S/C10H13ClN2O4S/c11-8-4-3-7(6-9(8)12)18(16,17)13-5-1-2-10(14)15/h3-4,6,13H,1-2,5,12H2,(H,14,15). The predicted molar refractivity (Wildman–Crippen MR) is 67.9 cm³/mol. The van der Waals surface area contributed by atoms with Crippen LogP contribution < -0.4 is 10.5 Å². The van der Waals surface area contributed by atoms with E-state index in [0.717, 1.165) is 0 Å². The first-order valence-corrected chi connectivity index (χ1v) is 6.95. The van der Waals surface area contributed by atoms with E-state index in [2.05, 4.69) is 4.72 Å². The molecule has 0 aliphatic heterocycles. The Balaban J connectivity index is 2.68. The van der Waals surface area contributed by atoms with Crippen molar-refractivity contribution in [3.63, 3.8) is 0 Å². The van der Waals surface area contributed by atoms with Crippen molar-refractivity contribution in [2.75, 3.05) is 12.3 Å². The van der Waals surface area contributed by atoms with E-state index in [1.54, 1.807) is 0 Å². The van der Waals surface area contributed by atoms with Gasteiger partial charge >= 0.3 is 5.97 Å². The van der Waals surface area contributed by atoms with Crippen LogP contribution in [0.5, 0.6) is 0 Å². The number of anilines is 1. The lowest BCUT2D eigenvalue weighted by molar-refractivity contribution is -0.137. The Labute approximate surface area is 110 Å². The highest BCUT2D eigenvalue weighted by molar-refractivity contribution is 7.89. The first kappa shape index (κ1) is 14.7. The highest BCUT2D eigenvalue weighted by Crippen LogP contribution is 2.21. The molecule has 0 spiro atoms. The molecule has 1 aromatic rings. The van der Waals surface area contributed by atoms with Crippen molar-refractivity contribution in [3.05, 3.63) is 23.2 Å². The van der Waals surface area contributed by atoms with Gasteiger partial charge in [0.1, 0.15) is 0 Å². The summed E-state index contributed by atoms with van der Waals surface area (Å²) in [6.07, 6.45) is 0.128. The lowest BCUT2D eigenvalue weighted by Gasteiger charge is -2.07. The Hall–Kier alpha value is -1.31. The minimum atomic E-state index is -3.68. The van der Waals surface area contributed by atoms with E-state index in [4.69, 9.17) is 22.4 Å². The Bertz CT molecular complexity index is 545. The fourth-order valence-electron chi connectivity index (χ4n) is 1.22. The molecule has 0 fully saturated rings. The molecule has 0 saturated heterocycles. The smallest absolute Gasteiger partial charge is 0.303 e. The summed E-state index contributed by atoms with van der Waals surface area (Å²) in [4.78, 5) is 10.3. The third kappa shape index (κ3) is 4.17. The molecule has 6 nitrogen and oxygen atoms in total. The molecule has 100 valence electrons. The quantitative estimate of drug-likeness (QED) is 0.536. The van der Waals surface area contributed by atoms with Crippen molar-refractivity contribution in [3.8, 4) is 0 Å². The molecule has 0 aliphatic rings. The van der Waals surface area contributed by atoms with E-state index in [1.807, 2.05) is 0 Å². The summed E-state index contributed by atoms with van der Waals surface area (Å²) < 4.78 is 25.9. The number of halogens is 1. The normalized spacial score (nSPS) is 11.4. The highest BCUT2D eigenvalue weighted by atomic mass is 35.5. The Kier molecular flexibility index (Phi) is 4.94. The molecule has 0 aliphatic carbocycles. The predicted octanol–water partition coefficient (Wildman–Crippen LogP) is 1.07. The van der Waals surface area contributed by atoms with Gasteiger partial charge in [-0.05, 0) is 24.6 Å². The van der Waals surface area contributed by atoms with Crippen molar-refractivity contribution in [1.82, 2.24) is 4.72 Å². The zero-order valence-electron chi connectivity index (χ0n) is 9.39. The molecule has 0 radical (unpaired) electrons. The number of nitrogens with one attached hydrogen (secondary N) is 1. The number of hydrogen-bond donors (Lipinski definition) is 3. The summed E-state index contributed by atoms with van der Waals surface area (Å²) in [6, 6.07) is 3.97. The monoisotopic (exact) mass is 292 g/mol. The second kappa shape index (κ2) is 6.03. The maximum Gasteiger partial charge on any atom is 0.303 e. The molecule has 0 bridgehead atoms. The van der Waals surface area contributed by atoms with E-state index in [0.29, 0.717) is 0 Å². The Morgan fingerprint density at radius 2 is 2.11 bits per heavy atom. The highest BCUT2D eigenvalue weighted by Gasteiger charge is 2.14. The molecule has 1 rings (SSSR count). The van der Waals surface area contributed by atoms with Gasteiger partial charge < -0.3 is 10.8 Å². The fourth-order valence-corrected chi connectivity index (χ4v) is 2.45. The first-order valence-electron chi connectivity index (χ1n) is 5.09. The van der Waals surface area contributed by atoms with Crippen LogP contribution in [-0.2, 0) is 14.8 Å². The van der Waals surface area contributed by atoms with Crippen LogP contribution in [0, 0.1) is 0 Å². The van der Waals surface area contributed by atoms with Crippen molar-refractivity contribution in [2.24, 2.45) is 0 Å². The van der Waals surface area contributed by atoms with E-state index in [9.17, 15) is 13.2 Å². The average molecular weight is 293 g/mol. The number of sulfonamides is 1. The summed E-state index contributed by atoms with van der Waals surface area (Å²) >= 11 is 5.69. The van der Waals surface area contributed by atoms with Gasteiger partial charge in [-0.15, -0.1) is 0 Å². The zero-order valence-corrected chi connectivity index (χ0v) is 11.0. The van der Waals surface area contributed by atoms with Crippen LogP contribution in [0.3, 0.4) is 0 Å². The first-order chi connectivity index (χ1) is 8.33. The number of carbonyl (C=O) groups is 1. The molecule has 0 saturated carbocycles. The van der Waals surface area contributed by atoms with E-state index in [1.165, 1.54) is 18.2 Å². The fraction of sp³-hybridized carbons (Fsp3) is 0.300. The summed E-state index contributed by atoms with van der Waals surface area (Å²) in [5.74, 6) is -0.968. The maximum absolute atomic E-state index is 11.8. The summed E-state index contributed by atoms with van der Waals surface area (Å²) in [5.41, 5.74) is 5.68. The molecule has 0 atom stereocenters. The largest absolute Gasteiger partial charge is 0.481 e. The molecule has 0 aromatic heterocycles. The number of carboxylic acids is 1. The van der Waals surface area contributed by atoms with Gasteiger partial charge in [0.25, 0.3) is 0 Å². The topological polar surface area (TPSA) is 109 Å². The molecule has 8 heteroatoms. The Morgan fingerprint density at radius 3 is 2.67 bits per heavy atom. The third-order valence-electron chi connectivity index (χ3n) is 2.14. The molecule has 18 heavy (non-hydrogen) atoms. The van der Waals surface area contributed by atoms with Crippen LogP contribution in [0.15, 0.2) is 23.1 Å². The van der Waals surface area contributed by atoms with Gasteiger partial charge in [0.05, 0.1) is 15.6 Å². The van der Waals surface area contributed by atoms with Gasteiger partial charge in [0.15, 0.2) is 0 Å². The third-order valence-corrected chi connectivity index (χ3v) is 3.94. The number of nitrogen functional groups attached to an aromatic ring is 1. The second-order valence-electron chi connectivity index (χ2n) is 3.58.